The van der Waals surface area contributed by atoms with Crippen LogP contribution in [-0.4, -0.2) is 28.9 Å². The summed E-state index contributed by atoms with van der Waals surface area (Å²) in [6.07, 6.45) is 1.15. The van der Waals surface area contributed by atoms with E-state index in [4.69, 9.17) is 14.9 Å². The summed E-state index contributed by atoms with van der Waals surface area (Å²) < 4.78 is 4.73. The van der Waals surface area contributed by atoms with Gasteiger partial charge in [-0.1, -0.05) is 6.92 Å². The van der Waals surface area contributed by atoms with Crippen molar-refractivity contribution in [3.63, 3.8) is 0 Å². The Balaban J connectivity index is 2.64. The number of hydrogen-bond acceptors (Lipinski definition) is 4. The van der Waals surface area contributed by atoms with Crippen LogP contribution in [0.15, 0.2) is 11.8 Å². The monoisotopic (exact) mass is 172 g/mol. The Morgan fingerprint density at radius 3 is 2.83 bits per heavy atom. The van der Waals surface area contributed by atoms with Gasteiger partial charge in [-0.15, -0.1) is 0 Å². The van der Waals surface area contributed by atoms with Gasteiger partial charge in [-0.2, -0.15) is 0 Å². The van der Waals surface area contributed by atoms with Gasteiger partial charge in [-0.25, -0.2) is 0 Å². The van der Waals surface area contributed by atoms with Crippen LogP contribution >= 0.6 is 0 Å². The van der Waals surface area contributed by atoms with E-state index < -0.39 is 12.7 Å². The summed E-state index contributed by atoms with van der Waals surface area (Å²) in [4.78, 5) is 11.0. The maximum Gasteiger partial charge on any atom is 0.318 e. The summed E-state index contributed by atoms with van der Waals surface area (Å²) in [7, 11) is 0. The van der Waals surface area contributed by atoms with Crippen molar-refractivity contribution in [1.82, 2.24) is 0 Å². The maximum atomic E-state index is 11.0. The van der Waals surface area contributed by atoms with Crippen molar-refractivity contribution < 1.29 is 19.7 Å². The van der Waals surface area contributed by atoms with Gasteiger partial charge in [0.1, 0.15) is 11.9 Å². The molecule has 1 aliphatic heterocycles. The zero-order valence-corrected chi connectivity index (χ0v) is 6.86. The SMILES string of the molecule is CCC1C=C(C(O)CO)OC1=O. The zero-order valence-electron chi connectivity index (χ0n) is 6.86. The van der Waals surface area contributed by atoms with E-state index in [1.165, 1.54) is 0 Å². The van der Waals surface area contributed by atoms with Crippen LogP contribution in [0.5, 0.6) is 0 Å². The van der Waals surface area contributed by atoms with E-state index in [9.17, 15) is 4.79 Å². The van der Waals surface area contributed by atoms with Crippen LogP contribution in [0.25, 0.3) is 0 Å². The molecule has 0 bridgehead atoms. The number of carbonyl (C=O) groups is 1. The van der Waals surface area contributed by atoms with Gasteiger partial charge in [0.25, 0.3) is 0 Å². The van der Waals surface area contributed by atoms with Gasteiger partial charge in [0.05, 0.1) is 12.5 Å². The molecular formula is C8H12O4. The third-order valence-corrected chi connectivity index (χ3v) is 1.83. The molecule has 0 aromatic carbocycles. The molecule has 1 rings (SSSR count). The minimum atomic E-state index is -1.06. The molecule has 0 fully saturated rings. The van der Waals surface area contributed by atoms with Crippen LogP contribution in [0.4, 0.5) is 0 Å². The molecule has 1 aliphatic rings. The van der Waals surface area contributed by atoms with Crippen LogP contribution in [0, 0.1) is 5.92 Å². The minimum Gasteiger partial charge on any atom is -0.428 e. The van der Waals surface area contributed by atoms with Crippen molar-refractivity contribution in [2.24, 2.45) is 5.92 Å². The van der Waals surface area contributed by atoms with Crippen molar-refractivity contribution in [3.8, 4) is 0 Å². The smallest absolute Gasteiger partial charge is 0.318 e. The highest BCUT2D eigenvalue weighted by Gasteiger charge is 2.28. The van der Waals surface area contributed by atoms with Gasteiger partial charge in [-0.3, -0.25) is 4.79 Å². The predicted molar refractivity (Wildman–Crippen MR) is 41.0 cm³/mol. The molecule has 0 amide bonds. The van der Waals surface area contributed by atoms with E-state index in [2.05, 4.69) is 0 Å². The molecule has 0 saturated heterocycles. The second-order valence-electron chi connectivity index (χ2n) is 2.70. The van der Waals surface area contributed by atoms with Gasteiger partial charge in [-0.05, 0) is 12.5 Å². The Morgan fingerprint density at radius 1 is 1.75 bits per heavy atom. The zero-order chi connectivity index (χ0) is 9.14. The van der Waals surface area contributed by atoms with Crippen molar-refractivity contribution in [3.05, 3.63) is 11.8 Å². The van der Waals surface area contributed by atoms with Gasteiger partial charge in [0.2, 0.25) is 0 Å². The molecule has 68 valence electrons. The lowest BCUT2D eigenvalue weighted by atomic mass is 10.1. The second-order valence-corrected chi connectivity index (χ2v) is 2.70. The molecule has 0 aromatic rings. The van der Waals surface area contributed by atoms with Crippen LogP contribution < -0.4 is 0 Å². The van der Waals surface area contributed by atoms with Crippen molar-refractivity contribution in [2.75, 3.05) is 6.61 Å². The normalized spacial score (nSPS) is 25.1. The van der Waals surface area contributed by atoms with E-state index in [-0.39, 0.29) is 17.6 Å². The molecule has 0 spiro atoms. The lowest BCUT2D eigenvalue weighted by molar-refractivity contribution is -0.141. The lowest BCUT2D eigenvalue weighted by Crippen LogP contribution is -2.16. The van der Waals surface area contributed by atoms with Gasteiger partial charge in [0.15, 0.2) is 0 Å². The highest BCUT2D eigenvalue weighted by atomic mass is 16.6. The van der Waals surface area contributed by atoms with Crippen LogP contribution in [0.1, 0.15) is 13.3 Å². The van der Waals surface area contributed by atoms with E-state index in [0.717, 1.165) is 0 Å². The number of aliphatic hydroxyl groups excluding tert-OH is 2. The number of cyclic esters (lactones) is 1. The Labute approximate surface area is 70.5 Å². The maximum absolute atomic E-state index is 11.0. The number of hydrogen-bond donors (Lipinski definition) is 2. The summed E-state index contributed by atoms with van der Waals surface area (Å²) in [5, 5.41) is 17.7. The first-order valence-corrected chi connectivity index (χ1v) is 3.91. The Morgan fingerprint density at radius 2 is 2.42 bits per heavy atom. The molecular weight excluding hydrogens is 160 g/mol. The number of aliphatic hydroxyl groups is 2. The third kappa shape index (κ3) is 1.65. The molecule has 0 aliphatic carbocycles. The van der Waals surface area contributed by atoms with Gasteiger partial charge in [0, 0.05) is 0 Å². The quantitative estimate of drug-likeness (QED) is 0.579. The average molecular weight is 172 g/mol. The average Bonchev–Trinajstić information content (AvgIpc) is 2.45. The summed E-state index contributed by atoms with van der Waals surface area (Å²) in [5.41, 5.74) is 0. The third-order valence-electron chi connectivity index (χ3n) is 1.83. The first kappa shape index (κ1) is 9.22. The molecule has 0 radical (unpaired) electrons. The summed E-state index contributed by atoms with van der Waals surface area (Å²) in [5.74, 6) is -0.435. The molecule has 4 nitrogen and oxygen atoms in total. The standard InChI is InChI=1S/C8H12O4/c1-2-5-3-7(6(10)4-9)12-8(5)11/h3,5-6,9-10H,2,4H2,1H3. The topological polar surface area (TPSA) is 66.8 Å². The number of esters is 1. The van der Waals surface area contributed by atoms with E-state index in [1.54, 1.807) is 6.08 Å². The molecule has 0 saturated carbocycles. The van der Waals surface area contributed by atoms with E-state index >= 15 is 0 Å². The first-order chi connectivity index (χ1) is 5.69. The molecule has 2 N–H and O–H groups in total. The number of carbonyl (C=O) groups excluding carboxylic acids is 1. The predicted octanol–water partition coefficient (Wildman–Crippen LogP) is -0.193. The van der Waals surface area contributed by atoms with Gasteiger partial charge < -0.3 is 14.9 Å². The molecule has 2 atom stereocenters. The van der Waals surface area contributed by atoms with Crippen molar-refractivity contribution in [1.29, 1.82) is 0 Å². The molecule has 12 heavy (non-hydrogen) atoms. The number of rotatable bonds is 3. The Kier molecular flexibility index (Phi) is 2.83. The van der Waals surface area contributed by atoms with Crippen LogP contribution in [0.3, 0.4) is 0 Å². The Hall–Kier alpha value is -0.870. The highest BCUT2D eigenvalue weighted by Crippen LogP contribution is 2.22. The highest BCUT2D eigenvalue weighted by molar-refractivity contribution is 5.78. The van der Waals surface area contributed by atoms with Gasteiger partial charge >= 0.3 is 5.97 Å². The summed E-state index contributed by atoms with van der Waals surface area (Å²) in [6, 6.07) is 0. The Bertz CT molecular complexity index is 209. The minimum absolute atomic E-state index is 0.175. The largest absolute Gasteiger partial charge is 0.428 e. The fraction of sp³-hybridized carbons (Fsp3) is 0.625. The molecule has 4 heteroatoms. The van der Waals surface area contributed by atoms with E-state index in [0.29, 0.717) is 6.42 Å². The van der Waals surface area contributed by atoms with Crippen LogP contribution in [0.2, 0.25) is 0 Å². The fourth-order valence-corrected chi connectivity index (χ4v) is 1.05. The lowest BCUT2D eigenvalue weighted by Gasteiger charge is -2.06. The number of ether oxygens (including phenoxy) is 1. The van der Waals surface area contributed by atoms with Crippen molar-refractivity contribution in [2.45, 2.75) is 19.4 Å². The van der Waals surface area contributed by atoms with E-state index in [1.807, 2.05) is 6.92 Å². The molecule has 1 heterocycles. The second kappa shape index (κ2) is 3.69. The van der Waals surface area contributed by atoms with Crippen molar-refractivity contribution >= 4 is 5.97 Å². The molecule has 0 aromatic heterocycles. The first-order valence-electron chi connectivity index (χ1n) is 3.91. The summed E-state index contributed by atoms with van der Waals surface area (Å²) in [6.45, 7) is 1.44. The fourth-order valence-electron chi connectivity index (χ4n) is 1.05. The summed E-state index contributed by atoms with van der Waals surface area (Å²) >= 11 is 0. The van der Waals surface area contributed by atoms with Crippen LogP contribution in [-0.2, 0) is 9.53 Å². The molecule has 2 unspecified atom stereocenters.